The largest absolute Gasteiger partial charge is 0.355 e. The van der Waals surface area contributed by atoms with Crippen LogP contribution in [0.4, 0.5) is 17.8 Å². The van der Waals surface area contributed by atoms with Gasteiger partial charge in [0, 0.05) is 0 Å². The lowest BCUT2D eigenvalue weighted by molar-refractivity contribution is -0.0392. The Balaban J connectivity index is 0.0000104. The molecule has 0 fully saturated rings. The number of hydrazine groups is 1. The van der Waals surface area contributed by atoms with Crippen LogP contribution in [-0.2, 0) is 28.4 Å². The van der Waals surface area contributed by atoms with E-state index in [1.54, 1.807) is 0 Å². The number of anilines is 3. The molecule has 4 N–H and O–H groups in total. The lowest BCUT2D eigenvalue weighted by Crippen LogP contribution is -2.41. The molecule has 1 aromatic rings. The smallest absolute Gasteiger partial charge is 0.235 e. The summed E-state index contributed by atoms with van der Waals surface area (Å²) < 4.78 is 37.2. The first-order valence-electron chi connectivity index (χ1n) is 16.2. The Morgan fingerprint density at radius 1 is 0.340 bits per heavy atom. The molecule has 0 radical (unpaired) electrons. The molecule has 0 unspecified atom stereocenters. The highest BCUT2D eigenvalue weighted by molar-refractivity contribution is 5.46. The zero-order valence-electron chi connectivity index (χ0n) is 33.0. The minimum Gasteiger partial charge on any atom is -0.355 e. The first-order chi connectivity index (χ1) is 21.0. The van der Waals surface area contributed by atoms with Crippen molar-refractivity contribution in [3.05, 3.63) is 0 Å². The lowest BCUT2D eigenvalue weighted by Gasteiger charge is -2.34. The Morgan fingerprint density at radius 2 is 0.468 bits per heavy atom. The van der Waals surface area contributed by atoms with Crippen molar-refractivity contribution in [3.8, 4) is 0 Å². The highest BCUT2D eigenvalue weighted by Gasteiger charge is 2.27. The standard InChI is InChI=1S/C33H66N6O6.H4N2/c1-28(2,3)40-19-37(20-41-29(4,5)6)25-34-26(38(21-42-30(7,8)9)22-43-31(10,11)12)36-27(35-25)39(23-44-32(13,14)15)24-45-33(16,17)18;1-2/h19-24H2,1-18H3;1-2H2. The molecule has 1 heterocycles. The first kappa shape index (κ1) is 45.1. The fourth-order valence-electron chi connectivity index (χ4n) is 2.86. The normalized spacial score (nSPS) is 13.3. The first-order valence-corrected chi connectivity index (χ1v) is 16.2. The van der Waals surface area contributed by atoms with Gasteiger partial charge in [-0.1, -0.05) is 0 Å². The maximum Gasteiger partial charge on any atom is 0.235 e. The van der Waals surface area contributed by atoms with Gasteiger partial charge in [-0.25, -0.2) is 0 Å². The molecule has 1 rings (SSSR count). The van der Waals surface area contributed by atoms with E-state index in [4.69, 9.17) is 43.4 Å². The molecule has 14 heteroatoms. The van der Waals surface area contributed by atoms with Crippen molar-refractivity contribution in [2.24, 2.45) is 11.7 Å². The van der Waals surface area contributed by atoms with Gasteiger partial charge in [0.05, 0.1) is 33.6 Å². The summed E-state index contributed by atoms with van der Waals surface area (Å²) >= 11 is 0. The van der Waals surface area contributed by atoms with Gasteiger partial charge in [0.15, 0.2) is 0 Å². The SMILES string of the molecule is CC(C)(C)OCN(COC(C)(C)C)c1nc(N(COC(C)(C)C)COC(C)(C)C)nc(N(COC(C)(C)C)COC(C)(C)C)n1.NN. The molecule has 0 aromatic carbocycles. The molecule has 14 nitrogen and oxygen atoms in total. The molecule has 0 amide bonds. The van der Waals surface area contributed by atoms with Crippen molar-refractivity contribution in [2.75, 3.05) is 55.1 Å². The van der Waals surface area contributed by atoms with Crippen molar-refractivity contribution < 1.29 is 28.4 Å². The molecule has 0 bridgehead atoms. The molecule has 0 aliphatic carbocycles. The lowest BCUT2D eigenvalue weighted by atomic mass is 10.2. The summed E-state index contributed by atoms with van der Waals surface area (Å²) in [5, 5.41) is 0. The van der Waals surface area contributed by atoms with Crippen molar-refractivity contribution in [3.63, 3.8) is 0 Å². The van der Waals surface area contributed by atoms with E-state index in [0.717, 1.165) is 0 Å². The van der Waals surface area contributed by atoms with Crippen LogP contribution in [0.3, 0.4) is 0 Å². The molecule has 0 saturated heterocycles. The zero-order valence-corrected chi connectivity index (χ0v) is 33.0. The number of ether oxygens (including phenoxy) is 6. The minimum atomic E-state index is -0.404. The van der Waals surface area contributed by atoms with E-state index in [-0.39, 0.29) is 40.4 Å². The van der Waals surface area contributed by atoms with E-state index in [0.29, 0.717) is 17.8 Å². The highest BCUT2D eigenvalue weighted by Crippen LogP contribution is 2.24. The third kappa shape index (κ3) is 23.1. The maximum atomic E-state index is 6.20. The Morgan fingerprint density at radius 3 is 0.574 bits per heavy atom. The van der Waals surface area contributed by atoms with Crippen LogP contribution in [0.1, 0.15) is 125 Å². The van der Waals surface area contributed by atoms with Crippen molar-refractivity contribution in [2.45, 2.75) is 158 Å². The predicted octanol–water partition coefficient (Wildman–Crippen LogP) is 5.75. The van der Waals surface area contributed by atoms with E-state index in [2.05, 4.69) is 11.7 Å². The van der Waals surface area contributed by atoms with E-state index in [9.17, 15) is 0 Å². The third-order valence-corrected chi connectivity index (χ3v) is 5.37. The van der Waals surface area contributed by atoms with Crippen LogP contribution in [0.15, 0.2) is 0 Å². The van der Waals surface area contributed by atoms with Gasteiger partial charge in [-0.05, 0) is 125 Å². The number of nitrogens with zero attached hydrogens (tertiary/aromatic N) is 6. The number of rotatable bonds is 15. The minimum absolute atomic E-state index is 0.191. The van der Waals surface area contributed by atoms with Crippen LogP contribution in [0.2, 0.25) is 0 Å². The molecular formula is C33H70N8O6. The molecule has 47 heavy (non-hydrogen) atoms. The highest BCUT2D eigenvalue weighted by atomic mass is 16.5. The Labute approximate surface area is 286 Å². The molecular weight excluding hydrogens is 604 g/mol. The number of nitrogens with two attached hydrogens (primary N) is 2. The van der Waals surface area contributed by atoms with E-state index >= 15 is 0 Å². The van der Waals surface area contributed by atoms with Gasteiger partial charge in [0.1, 0.15) is 40.4 Å². The zero-order chi connectivity index (χ0) is 37.1. The van der Waals surface area contributed by atoms with Gasteiger partial charge >= 0.3 is 0 Å². The van der Waals surface area contributed by atoms with Crippen LogP contribution in [-0.4, -0.2) is 88.9 Å². The quantitative estimate of drug-likeness (QED) is 0.132. The summed E-state index contributed by atoms with van der Waals surface area (Å²) in [6.45, 7) is 37.2. The van der Waals surface area contributed by atoms with Crippen LogP contribution >= 0.6 is 0 Å². The summed E-state index contributed by atoms with van der Waals surface area (Å²) in [6, 6.07) is 0. The Kier molecular flexibility index (Phi) is 17.4. The van der Waals surface area contributed by atoms with Gasteiger partial charge in [0.2, 0.25) is 17.8 Å². The maximum absolute atomic E-state index is 6.20. The summed E-state index contributed by atoms with van der Waals surface area (Å²) in [5.74, 6) is 9.12. The van der Waals surface area contributed by atoms with E-state index < -0.39 is 33.6 Å². The second-order valence-electron chi connectivity index (χ2n) is 17.2. The van der Waals surface area contributed by atoms with Crippen LogP contribution in [0.5, 0.6) is 0 Å². The number of hydrogen-bond donors (Lipinski definition) is 2. The van der Waals surface area contributed by atoms with Crippen LogP contribution in [0.25, 0.3) is 0 Å². The number of hydrogen-bond acceptors (Lipinski definition) is 14. The van der Waals surface area contributed by atoms with Gasteiger partial charge in [-0.2, -0.15) is 15.0 Å². The summed E-state index contributed by atoms with van der Waals surface area (Å²) in [6.07, 6.45) is 0. The van der Waals surface area contributed by atoms with Gasteiger partial charge < -0.3 is 28.4 Å². The molecule has 0 spiro atoms. The Hall–Kier alpha value is -1.91. The van der Waals surface area contributed by atoms with Crippen LogP contribution < -0.4 is 26.4 Å². The molecule has 0 aliphatic rings. The van der Waals surface area contributed by atoms with Gasteiger partial charge in [-0.15, -0.1) is 0 Å². The van der Waals surface area contributed by atoms with E-state index in [1.165, 1.54) is 0 Å². The summed E-state index contributed by atoms with van der Waals surface area (Å²) in [7, 11) is 0. The number of aromatic nitrogens is 3. The second-order valence-corrected chi connectivity index (χ2v) is 17.2. The van der Waals surface area contributed by atoms with Gasteiger partial charge in [0.25, 0.3) is 0 Å². The monoisotopic (exact) mass is 675 g/mol. The van der Waals surface area contributed by atoms with Crippen molar-refractivity contribution in [1.82, 2.24) is 15.0 Å². The predicted molar refractivity (Wildman–Crippen MR) is 190 cm³/mol. The molecule has 278 valence electrons. The second kappa shape index (κ2) is 18.2. The average molecular weight is 675 g/mol. The van der Waals surface area contributed by atoms with Crippen molar-refractivity contribution >= 4 is 17.8 Å². The summed E-state index contributed by atoms with van der Waals surface area (Å²) in [4.78, 5) is 20.4. The third-order valence-electron chi connectivity index (χ3n) is 5.37. The Bertz CT molecular complexity index is 824. The van der Waals surface area contributed by atoms with Crippen LogP contribution in [0, 0.1) is 0 Å². The van der Waals surface area contributed by atoms with E-state index in [1.807, 2.05) is 139 Å². The molecule has 0 atom stereocenters. The summed E-state index contributed by atoms with van der Waals surface area (Å²) in [5.41, 5.74) is -2.42. The average Bonchev–Trinajstić information content (AvgIpc) is 2.86. The van der Waals surface area contributed by atoms with Gasteiger partial charge in [-0.3, -0.25) is 26.4 Å². The molecule has 0 saturated carbocycles. The molecule has 1 aromatic heterocycles. The fraction of sp³-hybridized carbons (Fsp3) is 0.909. The molecule has 0 aliphatic heterocycles. The topological polar surface area (TPSA) is 156 Å². The van der Waals surface area contributed by atoms with Crippen molar-refractivity contribution in [1.29, 1.82) is 0 Å². The fourth-order valence-corrected chi connectivity index (χ4v) is 2.86.